The second-order valence-corrected chi connectivity index (χ2v) is 5.16. The number of carbonyl (C=O) groups excluding carboxylic acids is 1. The fourth-order valence-corrected chi connectivity index (χ4v) is 2.12. The molecule has 6 heteroatoms. The molecule has 20 heavy (non-hydrogen) atoms. The van der Waals surface area contributed by atoms with E-state index in [9.17, 15) is 9.59 Å². The molecule has 1 heterocycles. The molecule has 0 bridgehead atoms. The summed E-state index contributed by atoms with van der Waals surface area (Å²) < 4.78 is 1.95. The van der Waals surface area contributed by atoms with Gasteiger partial charge in [0.25, 0.3) is 0 Å². The van der Waals surface area contributed by atoms with Gasteiger partial charge in [0.05, 0.1) is 6.33 Å². The van der Waals surface area contributed by atoms with Gasteiger partial charge in [0.1, 0.15) is 0 Å². The Morgan fingerprint density at radius 2 is 2.15 bits per heavy atom. The van der Waals surface area contributed by atoms with Gasteiger partial charge in [-0.15, -0.1) is 0 Å². The maximum Gasteiger partial charge on any atom is 0.303 e. The summed E-state index contributed by atoms with van der Waals surface area (Å²) in [5.41, 5.74) is 0. The molecular weight excluding hydrogens is 258 g/mol. The standard InChI is InChI=1S/C14H23N3O3/c1-3-4-12(17-6-5-15-10-17)8-13(18)16-9-11(2)7-14(19)20/h5-6,10-12H,3-4,7-9H2,1-2H3,(H,16,18)(H,19,20). The molecule has 0 saturated heterocycles. The zero-order valence-corrected chi connectivity index (χ0v) is 12.1. The summed E-state index contributed by atoms with van der Waals surface area (Å²) in [5, 5.41) is 11.5. The van der Waals surface area contributed by atoms with Crippen LogP contribution in [0.5, 0.6) is 0 Å². The first kappa shape index (κ1) is 16.2. The van der Waals surface area contributed by atoms with Crippen molar-refractivity contribution >= 4 is 11.9 Å². The molecule has 2 atom stereocenters. The highest BCUT2D eigenvalue weighted by Gasteiger charge is 2.15. The SMILES string of the molecule is CCCC(CC(=O)NCC(C)CC(=O)O)n1ccnc1. The molecule has 0 aliphatic heterocycles. The number of rotatable bonds is 9. The molecule has 6 nitrogen and oxygen atoms in total. The smallest absolute Gasteiger partial charge is 0.303 e. The first-order chi connectivity index (χ1) is 9.52. The number of aliphatic carboxylic acids is 1. The summed E-state index contributed by atoms with van der Waals surface area (Å²) in [7, 11) is 0. The van der Waals surface area contributed by atoms with Crippen molar-refractivity contribution in [1.29, 1.82) is 0 Å². The van der Waals surface area contributed by atoms with Crippen molar-refractivity contribution in [3.63, 3.8) is 0 Å². The molecule has 0 aliphatic rings. The van der Waals surface area contributed by atoms with Gasteiger partial charge in [-0.05, 0) is 12.3 Å². The average molecular weight is 281 g/mol. The topological polar surface area (TPSA) is 84.2 Å². The first-order valence-electron chi connectivity index (χ1n) is 6.98. The monoisotopic (exact) mass is 281 g/mol. The predicted molar refractivity (Wildman–Crippen MR) is 75.2 cm³/mol. The summed E-state index contributed by atoms with van der Waals surface area (Å²) in [6.45, 7) is 4.29. The van der Waals surface area contributed by atoms with E-state index < -0.39 is 5.97 Å². The minimum absolute atomic E-state index is 0.0469. The van der Waals surface area contributed by atoms with Crippen molar-refractivity contribution in [2.45, 2.75) is 45.6 Å². The minimum atomic E-state index is -0.839. The molecule has 0 radical (unpaired) electrons. The van der Waals surface area contributed by atoms with E-state index in [4.69, 9.17) is 5.11 Å². The van der Waals surface area contributed by atoms with Crippen molar-refractivity contribution < 1.29 is 14.7 Å². The molecule has 0 saturated carbocycles. The number of carboxylic acids is 1. The van der Waals surface area contributed by atoms with Crippen LogP contribution in [0.3, 0.4) is 0 Å². The fourth-order valence-electron chi connectivity index (χ4n) is 2.12. The molecule has 0 spiro atoms. The van der Waals surface area contributed by atoms with Crippen LogP contribution in [0, 0.1) is 5.92 Å². The Hall–Kier alpha value is -1.85. The number of hydrogen-bond acceptors (Lipinski definition) is 3. The molecule has 2 N–H and O–H groups in total. The Balaban J connectivity index is 2.41. The van der Waals surface area contributed by atoms with Gasteiger partial charge in [-0.2, -0.15) is 0 Å². The van der Waals surface area contributed by atoms with Gasteiger partial charge >= 0.3 is 5.97 Å². The number of imidazole rings is 1. The van der Waals surface area contributed by atoms with E-state index in [0.29, 0.717) is 13.0 Å². The highest BCUT2D eigenvalue weighted by Crippen LogP contribution is 2.17. The first-order valence-corrected chi connectivity index (χ1v) is 6.98. The van der Waals surface area contributed by atoms with Crippen molar-refractivity contribution in [2.75, 3.05) is 6.54 Å². The van der Waals surface area contributed by atoms with Gasteiger partial charge in [0.15, 0.2) is 0 Å². The van der Waals surface area contributed by atoms with Crippen molar-refractivity contribution in [1.82, 2.24) is 14.9 Å². The summed E-state index contributed by atoms with van der Waals surface area (Å²) >= 11 is 0. The van der Waals surface area contributed by atoms with Crippen LogP contribution in [0.1, 0.15) is 45.6 Å². The third-order valence-corrected chi connectivity index (χ3v) is 3.16. The van der Waals surface area contributed by atoms with Crippen molar-refractivity contribution in [3.05, 3.63) is 18.7 Å². The van der Waals surface area contributed by atoms with Crippen LogP contribution >= 0.6 is 0 Å². The third-order valence-electron chi connectivity index (χ3n) is 3.16. The van der Waals surface area contributed by atoms with Crippen molar-refractivity contribution in [3.8, 4) is 0 Å². The summed E-state index contributed by atoms with van der Waals surface area (Å²) in [5.74, 6) is -0.947. The second kappa shape index (κ2) is 8.35. The Bertz CT molecular complexity index is 417. The second-order valence-electron chi connectivity index (χ2n) is 5.16. The van der Waals surface area contributed by atoms with Crippen LogP contribution in [-0.2, 0) is 9.59 Å². The quantitative estimate of drug-likeness (QED) is 0.723. The van der Waals surface area contributed by atoms with Gasteiger partial charge in [-0.25, -0.2) is 4.98 Å². The van der Waals surface area contributed by atoms with E-state index >= 15 is 0 Å². The maximum absolute atomic E-state index is 11.9. The van der Waals surface area contributed by atoms with E-state index in [1.165, 1.54) is 0 Å². The molecule has 1 aromatic heterocycles. The fraction of sp³-hybridized carbons (Fsp3) is 0.643. The zero-order chi connectivity index (χ0) is 15.0. The van der Waals surface area contributed by atoms with E-state index in [1.807, 2.05) is 17.7 Å². The van der Waals surface area contributed by atoms with E-state index in [0.717, 1.165) is 12.8 Å². The third kappa shape index (κ3) is 5.86. The van der Waals surface area contributed by atoms with E-state index in [1.54, 1.807) is 12.5 Å². The molecule has 112 valence electrons. The molecular formula is C14H23N3O3. The highest BCUT2D eigenvalue weighted by molar-refractivity contribution is 5.76. The van der Waals surface area contributed by atoms with Crippen LogP contribution in [0.2, 0.25) is 0 Å². The lowest BCUT2D eigenvalue weighted by atomic mass is 10.1. The summed E-state index contributed by atoms with van der Waals surface area (Å²) in [4.78, 5) is 26.5. The maximum atomic E-state index is 11.9. The Kier molecular flexibility index (Phi) is 6.76. The highest BCUT2D eigenvalue weighted by atomic mass is 16.4. The number of carboxylic acid groups (broad SMARTS) is 1. The molecule has 0 aromatic carbocycles. The van der Waals surface area contributed by atoms with Crippen LogP contribution in [0.15, 0.2) is 18.7 Å². The van der Waals surface area contributed by atoms with E-state index in [2.05, 4.69) is 17.2 Å². The predicted octanol–water partition coefficient (Wildman–Crippen LogP) is 1.84. The number of nitrogens with zero attached hydrogens (tertiary/aromatic N) is 2. The molecule has 1 rings (SSSR count). The van der Waals surface area contributed by atoms with Gasteiger partial charge in [-0.1, -0.05) is 20.3 Å². The number of aromatic nitrogens is 2. The number of nitrogens with one attached hydrogen (secondary N) is 1. The van der Waals surface area contributed by atoms with Gasteiger partial charge in [0, 0.05) is 37.8 Å². The molecule has 0 aliphatic carbocycles. The molecule has 1 amide bonds. The average Bonchev–Trinajstić information content (AvgIpc) is 2.89. The van der Waals surface area contributed by atoms with Crippen LogP contribution < -0.4 is 5.32 Å². The minimum Gasteiger partial charge on any atom is -0.481 e. The summed E-state index contributed by atoms with van der Waals surface area (Å²) in [6, 6.07) is 0.109. The number of hydrogen-bond donors (Lipinski definition) is 2. The normalized spacial score (nSPS) is 13.7. The number of amides is 1. The van der Waals surface area contributed by atoms with Crippen LogP contribution in [0.4, 0.5) is 0 Å². The van der Waals surface area contributed by atoms with Gasteiger partial charge in [0.2, 0.25) is 5.91 Å². The van der Waals surface area contributed by atoms with Crippen LogP contribution in [-0.4, -0.2) is 33.1 Å². The molecule has 1 aromatic rings. The Morgan fingerprint density at radius 1 is 1.40 bits per heavy atom. The number of carbonyl (C=O) groups is 2. The Morgan fingerprint density at radius 3 is 2.70 bits per heavy atom. The zero-order valence-electron chi connectivity index (χ0n) is 12.1. The largest absolute Gasteiger partial charge is 0.481 e. The lowest BCUT2D eigenvalue weighted by Gasteiger charge is -2.18. The summed E-state index contributed by atoms with van der Waals surface area (Å²) in [6.07, 6.45) is 7.65. The van der Waals surface area contributed by atoms with Gasteiger partial charge < -0.3 is 15.0 Å². The lowest BCUT2D eigenvalue weighted by Crippen LogP contribution is -2.31. The van der Waals surface area contributed by atoms with E-state index in [-0.39, 0.29) is 24.3 Å². The van der Waals surface area contributed by atoms with Gasteiger partial charge in [-0.3, -0.25) is 9.59 Å². The Labute approximate surface area is 119 Å². The molecule has 2 unspecified atom stereocenters. The van der Waals surface area contributed by atoms with Crippen LogP contribution in [0.25, 0.3) is 0 Å². The van der Waals surface area contributed by atoms with Crippen molar-refractivity contribution in [2.24, 2.45) is 5.92 Å². The molecule has 0 fully saturated rings. The lowest BCUT2D eigenvalue weighted by molar-refractivity contribution is -0.138.